The molecule has 2 amide bonds. The minimum Gasteiger partial charge on any atom is -0.382 e. The number of nitrogens with one attached hydrogen (secondary N) is 1. The lowest BCUT2D eigenvalue weighted by atomic mass is 10.1. The standard InChI is InChI=1S/C26H25N7O2/c1-2-6-21(34)32-15-5-7-19(32)25-31-22(23-24(27)29-14-16-33(23)25)17-9-11-18(12-10-17)26(35)30-20-8-3-4-13-28-20/h2-4,6,8-14,16,19H,5,7,15H2,1H3,(H2,27,29)(H,28,30,35)/t19-/m0/s1. The first-order valence-electron chi connectivity index (χ1n) is 11.5. The maximum absolute atomic E-state index is 12.7. The van der Waals surface area contributed by atoms with Crippen molar-refractivity contribution in [3.8, 4) is 11.3 Å². The average Bonchev–Trinajstić information content (AvgIpc) is 3.51. The molecule has 1 fully saturated rings. The fourth-order valence-electron chi connectivity index (χ4n) is 4.47. The molecule has 4 heterocycles. The quantitative estimate of drug-likeness (QED) is 0.430. The van der Waals surface area contributed by atoms with Crippen LogP contribution in [0.3, 0.4) is 0 Å². The molecule has 4 aromatic rings. The summed E-state index contributed by atoms with van der Waals surface area (Å²) in [6.07, 6.45) is 10.1. The molecule has 1 aliphatic heterocycles. The third-order valence-corrected chi connectivity index (χ3v) is 6.08. The van der Waals surface area contributed by atoms with Crippen molar-refractivity contribution < 1.29 is 9.59 Å². The lowest BCUT2D eigenvalue weighted by molar-refractivity contribution is -0.127. The van der Waals surface area contributed by atoms with E-state index in [1.165, 1.54) is 0 Å². The van der Waals surface area contributed by atoms with Crippen LogP contribution in [0.4, 0.5) is 11.6 Å². The Labute approximate surface area is 202 Å². The van der Waals surface area contributed by atoms with Gasteiger partial charge in [0.15, 0.2) is 0 Å². The molecule has 35 heavy (non-hydrogen) atoms. The minimum absolute atomic E-state index is 0.0291. The van der Waals surface area contributed by atoms with Crippen molar-refractivity contribution in [1.29, 1.82) is 0 Å². The van der Waals surface area contributed by atoms with Crippen LogP contribution in [0.2, 0.25) is 0 Å². The van der Waals surface area contributed by atoms with Crippen molar-refractivity contribution in [2.24, 2.45) is 0 Å². The topological polar surface area (TPSA) is 119 Å². The molecule has 1 saturated heterocycles. The summed E-state index contributed by atoms with van der Waals surface area (Å²) in [6, 6.07) is 12.3. The fraction of sp³-hybridized carbons (Fsp3) is 0.192. The molecule has 3 N–H and O–H groups in total. The molecule has 1 aromatic carbocycles. The Morgan fingerprint density at radius 2 is 1.94 bits per heavy atom. The maximum atomic E-state index is 12.7. The van der Waals surface area contributed by atoms with Gasteiger partial charge < -0.3 is 16.0 Å². The number of nitrogens with zero attached hydrogens (tertiary/aromatic N) is 5. The smallest absolute Gasteiger partial charge is 0.256 e. The van der Waals surface area contributed by atoms with Crippen molar-refractivity contribution >= 4 is 29.0 Å². The first kappa shape index (κ1) is 22.3. The number of anilines is 2. The number of nitrogen functional groups attached to an aromatic ring is 1. The van der Waals surface area contributed by atoms with Crippen LogP contribution in [0.15, 0.2) is 73.2 Å². The number of allylic oxidation sites excluding steroid dienone is 1. The highest BCUT2D eigenvalue weighted by atomic mass is 16.2. The molecular formula is C26H25N7O2. The summed E-state index contributed by atoms with van der Waals surface area (Å²) in [5.41, 5.74) is 8.91. The number of aromatic nitrogens is 4. The molecule has 176 valence electrons. The van der Waals surface area contributed by atoms with Gasteiger partial charge in [-0.15, -0.1) is 0 Å². The molecule has 0 bridgehead atoms. The van der Waals surface area contributed by atoms with E-state index >= 15 is 0 Å². The Morgan fingerprint density at radius 3 is 2.69 bits per heavy atom. The second-order valence-electron chi connectivity index (χ2n) is 8.29. The van der Waals surface area contributed by atoms with Gasteiger partial charge in [-0.25, -0.2) is 15.0 Å². The zero-order chi connectivity index (χ0) is 24.4. The summed E-state index contributed by atoms with van der Waals surface area (Å²) < 4.78 is 1.92. The predicted octanol–water partition coefficient (Wildman–Crippen LogP) is 3.87. The van der Waals surface area contributed by atoms with Crippen LogP contribution in [0, 0.1) is 0 Å². The fourth-order valence-corrected chi connectivity index (χ4v) is 4.47. The molecule has 0 unspecified atom stereocenters. The number of imidazole rings is 1. The monoisotopic (exact) mass is 467 g/mol. The number of pyridine rings is 1. The zero-order valence-electron chi connectivity index (χ0n) is 19.3. The van der Waals surface area contributed by atoms with E-state index in [9.17, 15) is 9.59 Å². The van der Waals surface area contributed by atoms with Crippen molar-refractivity contribution in [3.05, 3.63) is 84.6 Å². The minimum atomic E-state index is -0.254. The second kappa shape index (κ2) is 9.38. The Balaban J connectivity index is 1.50. The number of rotatable bonds is 5. The summed E-state index contributed by atoms with van der Waals surface area (Å²) >= 11 is 0. The predicted molar refractivity (Wildman–Crippen MR) is 134 cm³/mol. The zero-order valence-corrected chi connectivity index (χ0v) is 19.3. The Morgan fingerprint density at radius 1 is 1.11 bits per heavy atom. The molecule has 0 radical (unpaired) electrons. The van der Waals surface area contributed by atoms with E-state index in [-0.39, 0.29) is 17.9 Å². The average molecular weight is 468 g/mol. The SMILES string of the molecule is CC=CC(=O)N1CCC[C@H]1c1nc(-c2ccc(C(=O)Nc3ccccn3)cc2)c2c(N)nccn12. The largest absolute Gasteiger partial charge is 0.382 e. The Kier molecular flexibility index (Phi) is 5.97. The maximum Gasteiger partial charge on any atom is 0.256 e. The van der Waals surface area contributed by atoms with Crippen molar-refractivity contribution in [1.82, 2.24) is 24.3 Å². The van der Waals surface area contributed by atoms with Crippen LogP contribution in [0.25, 0.3) is 16.8 Å². The van der Waals surface area contributed by atoms with Crippen molar-refractivity contribution in [3.63, 3.8) is 0 Å². The van der Waals surface area contributed by atoms with E-state index in [1.54, 1.807) is 48.8 Å². The number of nitrogens with two attached hydrogens (primary N) is 1. The highest BCUT2D eigenvalue weighted by molar-refractivity contribution is 6.04. The molecular weight excluding hydrogens is 442 g/mol. The molecule has 3 aromatic heterocycles. The van der Waals surface area contributed by atoms with Crippen LogP contribution >= 0.6 is 0 Å². The number of benzene rings is 1. The van der Waals surface area contributed by atoms with Crippen molar-refractivity contribution in [2.45, 2.75) is 25.8 Å². The van der Waals surface area contributed by atoms with Gasteiger partial charge in [0.25, 0.3) is 5.91 Å². The van der Waals surface area contributed by atoms with Crippen LogP contribution in [-0.4, -0.2) is 42.6 Å². The lowest BCUT2D eigenvalue weighted by Crippen LogP contribution is -2.30. The summed E-state index contributed by atoms with van der Waals surface area (Å²) in [5.74, 6) is 1.30. The molecule has 9 nitrogen and oxygen atoms in total. The number of likely N-dealkylation sites (tertiary alicyclic amines) is 1. The molecule has 5 rings (SSSR count). The van der Waals surface area contributed by atoms with Crippen LogP contribution in [-0.2, 0) is 4.79 Å². The summed E-state index contributed by atoms with van der Waals surface area (Å²) in [4.78, 5) is 40.5. The van der Waals surface area contributed by atoms with Gasteiger partial charge >= 0.3 is 0 Å². The van der Waals surface area contributed by atoms with E-state index in [1.807, 2.05) is 40.6 Å². The van der Waals surface area contributed by atoms with Gasteiger partial charge in [0, 0.05) is 36.3 Å². The van der Waals surface area contributed by atoms with Crippen molar-refractivity contribution in [2.75, 3.05) is 17.6 Å². The molecule has 0 spiro atoms. The highest BCUT2D eigenvalue weighted by Gasteiger charge is 2.33. The van der Waals surface area contributed by atoms with Gasteiger partial charge in [-0.3, -0.25) is 14.0 Å². The first-order valence-corrected chi connectivity index (χ1v) is 11.5. The van der Waals surface area contributed by atoms with Crippen LogP contribution in [0.1, 0.15) is 42.0 Å². The number of hydrogen-bond acceptors (Lipinski definition) is 6. The Hall–Kier alpha value is -4.53. The van der Waals surface area contributed by atoms with Crippen LogP contribution in [0.5, 0.6) is 0 Å². The Bertz CT molecular complexity index is 1410. The first-order chi connectivity index (χ1) is 17.1. The summed E-state index contributed by atoms with van der Waals surface area (Å²) in [6.45, 7) is 2.51. The van der Waals surface area contributed by atoms with E-state index in [2.05, 4.69) is 15.3 Å². The van der Waals surface area contributed by atoms with Crippen LogP contribution < -0.4 is 11.1 Å². The second-order valence-corrected chi connectivity index (χ2v) is 8.29. The summed E-state index contributed by atoms with van der Waals surface area (Å²) in [7, 11) is 0. The molecule has 1 aliphatic rings. The van der Waals surface area contributed by atoms with E-state index in [0.717, 1.165) is 24.2 Å². The van der Waals surface area contributed by atoms with Gasteiger partial charge in [0.1, 0.15) is 28.7 Å². The van der Waals surface area contributed by atoms with Gasteiger partial charge in [-0.1, -0.05) is 24.3 Å². The summed E-state index contributed by atoms with van der Waals surface area (Å²) in [5, 5.41) is 2.78. The third kappa shape index (κ3) is 4.23. The highest BCUT2D eigenvalue weighted by Crippen LogP contribution is 2.36. The van der Waals surface area contributed by atoms with E-state index < -0.39 is 0 Å². The lowest BCUT2D eigenvalue weighted by Gasteiger charge is -2.22. The molecule has 9 heteroatoms. The number of carbonyl (C=O) groups is 2. The number of carbonyl (C=O) groups excluding carboxylic acids is 2. The molecule has 0 saturated carbocycles. The number of fused-ring (bicyclic) bond motifs is 1. The third-order valence-electron chi connectivity index (χ3n) is 6.08. The van der Waals surface area contributed by atoms with Gasteiger partial charge in [-0.2, -0.15) is 0 Å². The normalized spacial score (nSPS) is 15.7. The number of amides is 2. The molecule has 0 aliphatic carbocycles. The van der Waals surface area contributed by atoms with Gasteiger partial charge in [0.2, 0.25) is 5.91 Å². The number of hydrogen-bond donors (Lipinski definition) is 2. The molecule has 1 atom stereocenters. The van der Waals surface area contributed by atoms with Gasteiger partial charge in [0.05, 0.1) is 6.04 Å². The van der Waals surface area contributed by atoms with E-state index in [4.69, 9.17) is 10.7 Å². The van der Waals surface area contributed by atoms with Gasteiger partial charge in [-0.05, 0) is 50.1 Å². The van der Waals surface area contributed by atoms with E-state index in [0.29, 0.717) is 35.0 Å².